The second kappa shape index (κ2) is 7.58. The Labute approximate surface area is 121 Å². The van der Waals surface area contributed by atoms with Crippen LogP contribution in [0.4, 0.5) is 4.79 Å². The van der Waals surface area contributed by atoms with Gasteiger partial charge in [0.25, 0.3) is 5.24 Å². The molecule has 0 aliphatic rings. The third-order valence-electron chi connectivity index (χ3n) is 1.67. The van der Waals surface area contributed by atoms with Crippen molar-refractivity contribution in [2.45, 2.75) is 9.72 Å². The zero-order chi connectivity index (χ0) is 12.0. The van der Waals surface area contributed by atoms with Crippen LogP contribution in [0, 0.1) is 0 Å². The summed E-state index contributed by atoms with van der Waals surface area (Å²) in [5.41, 5.74) is 0. The van der Waals surface area contributed by atoms with Crippen molar-refractivity contribution in [2.24, 2.45) is 0 Å². The molecule has 16 heavy (non-hydrogen) atoms. The fourth-order valence-corrected chi connectivity index (χ4v) is 2.22. The molecule has 0 aromatic heterocycles. The highest BCUT2D eigenvalue weighted by atomic mass is 79.9. The molecule has 0 fully saturated rings. The third kappa shape index (κ3) is 5.08. The van der Waals surface area contributed by atoms with Crippen LogP contribution in [-0.4, -0.2) is 21.9 Å². The minimum absolute atomic E-state index is 0.0986. The van der Waals surface area contributed by atoms with E-state index in [1.807, 2.05) is 18.2 Å². The van der Waals surface area contributed by atoms with Gasteiger partial charge in [-0.25, -0.2) is 0 Å². The Bertz CT molecular complexity index is 364. The number of nitrogens with one attached hydrogen (secondary N) is 1. The number of amides is 1. The Balaban J connectivity index is 2.43. The van der Waals surface area contributed by atoms with Crippen molar-refractivity contribution in [2.75, 3.05) is 11.9 Å². The Morgan fingerprint density at radius 2 is 2.19 bits per heavy atom. The number of halogens is 3. The molecule has 1 unspecified atom stereocenters. The van der Waals surface area contributed by atoms with E-state index in [-0.39, 0.29) is 10.1 Å². The van der Waals surface area contributed by atoms with E-state index in [1.54, 1.807) is 6.07 Å². The molecule has 1 rings (SSSR count). The van der Waals surface area contributed by atoms with Gasteiger partial charge in [-0.1, -0.05) is 55.6 Å². The van der Waals surface area contributed by atoms with Crippen LogP contribution in [0.2, 0.25) is 5.02 Å². The van der Waals surface area contributed by atoms with E-state index >= 15 is 0 Å². The Hall–Kier alpha value is 0.290. The van der Waals surface area contributed by atoms with Crippen LogP contribution in [0.15, 0.2) is 29.2 Å². The lowest BCUT2D eigenvalue weighted by molar-refractivity contribution is 0.261. The van der Waals surface area contributed by atoms with Crippen LogP contribution in [0.25, 0.3) is 0 Å². The van der Waals surface area contributed by atoms with Crippen LogP contribution in [0.5, 0.6) is 0 Å². The van der Waals surface area contributed by atoms with Gasteiger partial charge in [0, 0.05) is 21.6 Å². The summed E-state index contributed by atoms with van der Waals surface area (Å²) in [5, 5.41) is 4.09. The van der Waals surface area contributed by atoms with E-state index in [0.717, 1.165) is 22.0 Å². The molecule has 6 heteroatoms. The van der Waals surface area contributed by atoms with Crippen molar-refractivity contribution in [1.82, 2.24) is 5.32 Å². The smallest absolute Gasteiger partial charge is 0.283 e. The Morgan fingerprint density at radius 1 is 1.50 bits per heavy atom. The summed E-state index contributed by atoms with van der Waals surface area (Å²) >= 11 is 13.8. The number of carbonyl (C=O) groups is 1. The SMILES string of the molecule is O=C(NCC(Br)CBr)Sc1ccccc1Cl. The van der Waals surface area contributed by atoms with Gasteiger partial charge in [0.1, 0.15) is 0 Å². The Morgan fingerprint density at radius 3 is 2.81 bits per heavy atom. The van der Waals surface area contributed by atoms with Crippen LogP contribution >= 0.6 is 55.2 Å². The Kier molecular flexibility index (Phi) is 6.80. The van der Waals surface area contributed by atoms with Gasteiger partial charge in [-0.15, -0.1) is 0 Å². The first kappa shape index (κ1) is 14.4. The summed E-state index contributed by atoms with van der Waals surface area (Å²) in [6, 6.07) is 7.28. The summed E-state index contributed by atoms with van der Waals surface area (Å²) in [6.07, 6.45) is 0. The summed E-state index contributed by atoms with van der Waals surface area (Å²) in [7, 11) is 0. The molecule has 0 saturated heterocycles. The van der Waals surface area contributed by atoms with E-state index in [2.05, 4.69) is 37.2 Å². The van der Waals surface area contributed by atoms with Crippen LogP contribution in [0.1, 0.15) is 0 Å². The monoisotopic (exact) mass is 385 g/mol. The number of alkyl halides is 2. The highest BCUT2D eigenvalue weighted by Gasteiger charge is 2.09. The lowest BCUT2D eigenvalue weighted by atomic mass is 10.4. The van der Waals surface area contributed by atoms with Gasteiger partial charge >= 0.3 is 0 Å². The zero-order valence-electron chi connectivity index (χ0n) is 8.25. The first-order chi connectivity index (χ1) is 7.63. The van der Waals surface area contributed by atoms with Crippen LogP contribution in [0.3, 0.4) is 0 Å². The highest BCUT2D eigenvalue weighted by Crippen LogP contribution is 2.26. The second-order valence-corrected chi connectivity index (χ2v) is 6.32. The molecule has 1 amide bonds. The summed E-state index contributed by atoms with van der Waals surface area (Å²) < 4.78 is 0. The molecule has 1 aromatic rings. The molecular weight excluding hydrogens is 377 g/mol. The van der Waals surface area contributed by atoms with E-state index in [9.17, 15) is 4.79 Å². The lowest BCUT2D eigenvalue weighted by Gasteiger charge is -2.08. The summed E-state index contributed by atoms with van der Waals surface area (Å²) in [6.45, 7) is 0.585. The fourth-order valence-electron chi connectivity index (χ4n) is 0.912. The maximum atomic E-state index is 11.5. The molecule has 0 bridgehead atoms. The van der Waals surface area contributed by atoms with Crippen molar-refractivity contribution in [1.29, 1.82) is 0 Å². The number of hydrogen-bond acceptors (Lipinski definition) is 2. The average Bonchev–Trinajstić information content (AvgIpc) is 2.29. The van der Waals surface area contributed by atoms with E-state index in [1.165, 1.54) is 0 Å². The van der Waals surface area contributed by atoms with Crippen molar-refractivity contribution in [3.63, 3.8) is 0 Å². The minimum Gasteiger partial charge on any atom is -0.346 e. The molecular formula is C10H10Br2ClNOS. The summed E-state index contributed by atoms with van der Waals surface area (Å²) in [5.74, 6) is 0. The molecule has 1 atom stereocenters. The molecule has 0 radical (unpaired) electrons. The maximum Gasteiger partial charge on any atom is 0.283 e. The topological polar surface area (TPSA) is 29.1 Å². The average molecular weight is 388 g/mol. The standard InChI is InChI=1S/C10H10Br2ClNOS/c11-5-7(12)6-14-10(15)16-9-4-2-1-3-8(9)13/h1-4,7H,5-6H2,(H,14,15). The quantitative estimate of drug-likeness (QED) is 0.616. The van der Waals surface area contributed by atoms with Gasteiger partial charge in [0.05, 0.1) is 5.02 Å². The van der Waals surface area contributed by atoms with Gasteiger partial charge in [-0.05, 0) is 23.9 Å². The van der Waals surface area contributed by atoms with Crippen LogP contribution in [-0.2, 0) is 0 Å². The van der Waals surface area contributed by atoms with Crippen molar-refractivity contribution in [3.05, 3.63) is 29.3 Å². The minimum atomic E-state index is -0.0986. The van der Waals surface area contributed by atoms with E-state index in [0.29, 0.717) is 11.6 Å². The first-order valence-corrected chi connectivity index (χ1v) is 7.77. The molecule has 0 aliphatic heterocycles. The molecule has 1 aromatic carbocycles. The molecule has 0 heterocycles. The van der Waals surface area contributed by atoms with Gasteiger partial charge in [0.2, 0.25) is 0 Å². The molecule has 1 N–H and O–H groups in total. The van der Waals surface area contributed by atoms with Crippen molar-refractivity contribution >= 4 is 60.5 Å². The molecule has 0 spiro atoms. The third-order valence-corrected chi connectivity index (χ3v) is 5.32. The summed E-state index contributed by atoms with van der Waals surface area (Å²) in [4.78, 5) is 12.6. The molecule has 2 nitrogen and oxygen atoms in total. The number of rotatable bonds is 4. The number of hydrogen-bond donors (Lipinski definition) is 1. The van der Waals surface area contributed by atoms with Gasteiger partial charge in [-0.2, -0.15) is 0 Å². The zero-order valence-corrected chi connectivity index (χ0v) is 13.0. The lowest BCUT2D eigenvalue weighted by Crippen LogP contribution is -2.26. The number of carbonyl (C=O) groups excluding carboxylic acids is 1. The fraction of sp³-hybridized carbons (Fsp3) is 0.300. The number of benzene rings is 1. The van der Waals surface area contributed by atoms with Gasteiger partial charge < -0.3 is 5.32 Å². The van der Waals surface area contributed by atoms with Gasteiger partial charge in [-0.3, -0.25) is 4.79 Å². The number of thioether (sulfide) groups is 1. The molecule has 88 valence electrons. The van der Waals surface area contributed by atoms with Gasteiger partial charge in [0.15, 0.2) is 0 Å². The largest absolute Gasteiger partial charge is 0.346 e. The first-order valence-electron chi connectivity index (χ1n) is 4.53. The van der Waals surface area contributed by atoms with Crippen molar-refractivity contribution < 1.29 is 4.79 Å². The molecule has 0 saturated carbocycles. The highest BCUT2D eigenvalue weighted by molar-refractivity contribution is 9.12. The predicted molar refractivity (Wildman–Crippen MR) is 77.2 cm³/mol. The second-order valence-electron chi connectivity index (χ2n) is 2.95. The predicted octanol–water partition coefficient (Wildman–Crippen LogP) is 4.30. The molecule has 0 aliphatic carbocycles. The van der Waals surface area contributed by atoms with E-state index < -0.39 is 0 Å². The maximum absolute atomic E-state index is 11.5. The van der Waals surface area contributed by atoms with E-state index in [4.69, 9.17) is 11.6 Å². The van der Waals surface area contributed by atoms with Crippen LogP contribution < -0.4 is 5.32 Å². The normalized spacial score (nSPS) is 12.2. The van der Waals surface area contributed by atoms with Crippen molar-refractivity contribution in [3.8, 4) is 0 Å².